The summed E-state index contributed by atoms with van der Waals surface area (Å²) in [6.07, 6.45) is 5.13. The van der Waals surface area contributed by atoms with Gasteiger partial charge in [-0.15, -0.1) is 0 Å². The van der Waals surface area contributed by atoms with Crippen LogP contribution in [0.3, 0.4) is 0 Å². The Balaban J connectivity index is 2.42. The molecule has 1 unspecified atom stereocenters. The third-order valence-corrected chi connectivity index (χ3v) is 3.07. The Bertz CT molecular complexity index is 349. The Hall–Kier alpha value is -1.18. The molecule has 0 aliphatic heterocycles. The molecule has 0 radical (unpaired) electrons. The van der Waals surface area contributed by atoms with Crippen molar-refractivity contribution in [2.24, 2.45) is 5.92 Å². The van der Waals surface area contributed by atoms with Crippen LogP contribution >= 0.6 is 0 Å². The summed E-state index contributed by atoms with van der Waals surface area (Å²) in [5, 5.41) is 3.55. The molecule has 108 valence electrons. The van der Waals surface area contributed by atoms with Gasteiger partial charge in [-0.3, -0.25) is 0 Å². The van der Waals surface area contributed by atoms with Crippen molar-refractivity contribution in [3.05, 3.63) is 24.3 Å². The van der Waals surface area contributed by atoms with E-state index in [0.29, 0.717) is 12.0 Å². The molecular formula is C17H29NO. The largest absolute Gasteiger partial charge is 0.493 e. The van der Waals surface area contributed by atoms with Gasteiger partial charge in [0, 0.05) is 17.8 Å². The smallest absolute Gasteiger partial charge is 0.121 e. The predicted molar refractivity (Wildman–Crippen MR) is 84.0 cm³/mol. The second kappa shape index (κ2) is 8.84. The lowest BCUT2D eigenvalue weighted by atomic mass is 10.1. The first-order chi connectivity index (χ1) is 9.11. The number of rotatable bonds is 9. The average molecular weight is 263 g/mol. The lowest BCUT2D eigenvalue weighted by molar-refractivity contribution is 0.271. The molecule has 19 heavy (non-hydrogen) atoms. The van der Waals surface area contributed by atoms with Crippen LogP contribution in [0, 0.1) is 5.92 Å². The van der Waals surface area contributed by atoms with E-state index in [4.69, 9.17) is 4.74 Å². The lowest BCUT2D eigenvalue weighted by Gasteiger charge is -2.16. The van der Waals surface area contributed by atoms with E-state index in [0.717, 1.165) is 18.0 Å². The van der Waals surface area contributed by atoms with Crippen LogP contribution in [0.5, 0.6) is 5.75 Å². The highest BCUT2D eigenvalue weighted by Gasteiger charge is 2.03. The molecular weight excluding hydrogens is 234 g/mol. The van der Waals surface area contributed by atoms with Crippen LogP contribution < -0.4 is 10.1 Å². The first-order valence-electron chi connectivity index (χ1n) is 7.61. The summed E-state index contributed by atoms with van der Waals surface area (Å²) in [7, 11) is 0. The highest BCUT2D eigenvalue weighted by molar-refractivity contribution is 5.48. The Morgan fingerprint density at radius 2 is 1.95 bits per heavy atom. The van der Waals surface area contributed by atoms with Crippen LogP contribution in [-0.2, 0) is 0 Å². The van der Waals surface area contributed by atoms with E-state index in [1.165, 1.54) is 25.7 Å². The van der Waals surface area contributed by atoms with Crippen molar-refractivity contribution in [1.82, 2.24) is 0 Å². The fourth-order valence-electron chi connectivity index (χ4n) is 2.00. The van der Waals surface area contributed by atoms with E-state index in [2.05, 4.69) is 51.2 Å². The highest BCUT2D eigenvalue weighted by atomic mass is 16.5. The maximum atomic E-state index is 5.75. The number of unbranched alkanes of at least 4 members (excludes halogenated alkanes) is 2. The van der Waals surface area contributed by atoms with Crippen LogP contribution in [0.1, 0.15) is 53.4 Å². The van der Waals surface area contributed by atoms with Gasteiger partial charge in [-0.05, 0) is 31.4 Å². The molecule has 1 aromatic carbocycles. The standard InChI is InChI=1S/C17H29NO/c1-5-6-7-9-15(4)18-16-10-8-11-17(12-16)19-13-14(2)3/h8,10-12,14-15,18H,5-7,9,13H2,1-4H3. The van der Waals surface area contributed by atoms with Gasteiger partial charge in [-0.1, -0.05) is 46.1 Å². The maximum absolute atomic E-state index is 5.75. The van der Waals surface area contributed by atoms with Crippen LogP contribution in [0.25, 0.3) is 0 Å². The predicted octanol–water partition coefficient (Wildman–Crippen LogP) is 5.10. The Labute approximate surface area is 118 Å². The van der Waals surface area contributed by atoms with Crippen molar-refractivity contribution in [2.75, 3.05) is 11.9 Å². The summed E-state index contributed by atoms with van der Waals surface area (Å²) in [5.74, 6) is 1.52. The van der Waals surface area contributed by atoms with E-state index in [1.54, 1.807) is 0 Å². The molecule has 0 heterocycles. The number of hydrogen-bond acceptors (Lipinski definition) is 2. The van der Waals surface area contributed by atoms with Gasteiger partial charge < -0.3 is 10.1 Å². The van der Waals surface area contributed by atoms with Crippen molar-refractivity contribution in [1.29, 1.82) is 0 Å². The van der Waals surface area contributed by atoms with Gasteiger partial charge in [0.25, 0.3) is 0 Å². The van der Waals surface area contributed by atoms with E-state index in [1.807, 2.05) is 6.07 Å². The monoisotopic (exact) mass is 263 g/mol. The summed E-state index contributed by atoms with van der Waals surface area (Å²) in [6.45, 7) is 9.59. The van der Waals surface area contributed by atoms with Crippen LogP contribution in [0.4, 0.5) is 5.69 Å². The second-order valence-electron chi connectivity index (χ2n) is 5.77. The topological polar surface area (TPSA) is 21.3 Å². The molecule has 1 aromatic rings. The molecule has 1 rings (SSSR count). The Morgan fingerprint density at radius 3 is 2.63 bits per heavy atom. The van der Waals surface area contributed by atoms with Crippen molar-refractivity contribution in [3.8, 4) is 5.75 Å². The molecule has 0 fully saturated rings. The van der Waals surface area contributed by atoms with E-state index < -0.39 is 0 Å². The fourth-order valence-corrected chi connectivity index (χ4v) is 2.00. The van der Waals surface area contributed by atoms with Crippen molar-refractivity contribution >= 4 is 5.69 Å². The number of anilines is 1. The zero-order valence-electron chi connectivity index (χ0n) is 12.9. The van der Waals surface area contributed by atoms with E-state index in [9.17, 15) is 0 Å². The molecule has 2 nitrogen and oxygen atoms in total. The molecule has 1 atom stereocenters. The minimum Gasteiger partial charge on any atom is -0.493 e. The second-order valence-corrected chi connectivity index (χ2v) is 5.77. The number of benzene rings is 1. The molecule has 0 amide bonds. The fraction of sp³-hybridized carbons (Fsp3) is 0.647. The van der Waals surface area contributed by atoms with Crippen LogP contribution in [0.15, 0.2) is 24.3 Å². The molecule has 0 saturated carbocycles. The maximum Gasteiger partial charge on any atom is 0.121 e. The first kappa shape index (κ1) is 15.9. The highest BCUT2D eigenvalue weighted by Crippen LogP contribution is 2.19. The normalized spacial score (nSPS) is 12.5. The van der Waals surface area contributed by atoms with Gasteiger partial charge in [0.2, 0.25) is 0 Å². The van der Waals surface area contributed by atoms with Gasteiger partial charge in [-0.25, -0.2) is 0 Å². The quantitative estimate of drug-likeness (QED) is 0.626. The molecule has 0 spiro atoms. The molecule has 2 heteroatoms. The SMILES string of the molecule is CCCCCC(C)Nc1cccc(OCC(C)C)c1. The summed E-state index contributed by atoms with van der Waals surface area (Å²) in [6, 6.07) is 8.80. The number of ether oxygens (including phenoxy) is 1. The third-order valence-electron chi connectivity index (χ3n) is 3.07. The Morgan fingerprint density at radius 1 is 1.16 bits per heavy atom. The molecule has 0 aromatic heterocycles. The number of nitrogens with one attached hydrogen (secondary N) is 1. The van der Waals surface area contributed by atoms with Gasteiger partial charge in [-0.2, -0.15) is 0 Å². The lowest BCUT2D eigenvalue weighted by Crippen LogP contribution is -2.14. The van der Waals surface area contributed by atoms with Gasteiger partial charge in [0.05, 0.1) is 6.61 Å². The van der Waals surface area contributed by atoms with E-state index >= 15 is 0 Å². The van der Waals surface area contributed by atoms with Gasteiger partial charge in [0.1, 0.15) is 5.75 Å². The molecule has 0 saturated heterocycles. The summed E-state index contributed by atoms with van der Waals surface area (Å²) in [4.78, 5) is 0. The Kier molecular flexibility index (Phi) is 7.39. The zero-order valence-corrected chi connectivity index (χ0v) is 12.9. The first-order valence-corrected chi connectivity index (χ1v) is 7.61. The van der Waals surface area contributed by atoms with Gasteiger partial charge in [0.15, 0.2) is 0 Å². The van der Waals surface area contributed by atoms with Crippen LogP contribution in [-0.4, -0.2) is 12.6 Å². The summed E-state index contributed by atoms with van der Waals surface area (Å²) >= 11 is 0. The van der Waals surface area contributed by atoms with Crippen molar-refractivity contribution < 1.29 is 4.74 Å². The molecule has 0 aliphatic carbocycles. The zero-order chi connectivity index (χ0) is 14.1. The van der Waals surface area contributed by atoms with Crippen molar-refractivity contribution in [2.45, 2.75) is 59.4 Å². The van der Waals surface area contributed by atoms with Crippen molar-refractivity contribution in [3.63, 3.8) is 0 Å². The van der Waals surface area contributed by atoms with Gasteiger partial charge >= 0.3 is 0 Å². The molecule has 1 N–H and O–H groups in total. The summed E-state index contributed by atoms with van der Waals surface area (Å²) in [5.41, 5.74) is 1.16. The summed E-state index contributed by atoms with van der Waals surface area (Å²) < 4.78 is 5.75. The number of hydrogen-bond donors (Lipinski definition) is 1. The molecule has 0 aliphatic rings. The average Bonchev–Trinajstić information content (AvgIpc) is 2.37. The minimum atomic E-state index is 0.520. The third kappa shape index (κ3) is 7.09. The van der Waals surface area contributed by atoms with Crippen LogP contribution in [0.2, 0.25) is 0 Å². The molecule has 0 bridgehead atoms. The van der Waals surface area contributed by atoms with E-state index in [-0.39, 0.29) is 0 Å². The minimum absolute atomic E-state index is 0.520.